The highest BCUT2D eigenvalue weighted by Crippen LogP contribution is 2.42. The normalized spacial score (nSPS) is 18.5. The van der Waals surface area contributed by atoms with Gasteiger partial charge in [0.25, 0.3) is 0 Å². The number of aliphatic carboxylic acids is 1. The van der Waals surface area contributed by atoms with Gasteiger partial charge in [0.15, 0.2) is 0 Å². The molecule has 12 nitrogen and oxygen atoms in total. The summed E-state index contributed by atoms with van der Waals surface area (Å²) < 4.78 is 56.1. The number of anilines is 2. The van der Waals surface area contributed by atoms with E-state index in [2.05, 4.69) is 20.4 Å². The van der Waals surface area contributed by atoms with Crippen molar-refractivity contribution in [3.63, 3.8) is 0 Å². The number of carbonyl (C=O) groups excluding carboxylic acids is 1. The van der Waals surface area contributed by atoms with Crippen LogP contribution in [0.1, 0.15) is 62.0 Å². The Hall–Kier alpha value is -4.40. The van der Waals surface area contributed by atoms with Gasteiger partial charge in [-0.1, -0.05) is 12.1 Å². The molecule has 2 aliphatic rings. The van der Waals surface area contributed by atoms with E-state index in [0.717, 1.165) is 5.56 Å². The van der Waals surface area contributed by atoms with E-state index in [1.165, 1.54) is 16.8 Å². The van der Waals surface area contributed by atoms with E-state index < -0.39 is 24.3 Å². The van der Waals surface area contributed by atoms with E-state index in [1.807, 2.05) is 4.90 Å². The van der Waals surface area contributed by atoms with Gasteiger partial charge in [-0.25, -0.2) is 4.68 Å². The summed E-state index contributed by atoms with van der Waals surface area (Å²) in [6.45, 7) is 5.37. The van der Waals surface area contributed by atoms with E-state index in [0.29, 0.717) is 63.3 Å². The van der Waals surface area contributed by atoms with Crippen molar-refractivity contribution in [2.45, 2.75) is 70.7 Å². The monoisotopic (exact) mass is 645 g/mol. The number of esters is 1. The largest absolute Gasteiger partial charge is 0.480 e. The van der Waals surface area contributed by atoms with Crippen molar-refractivity contribution in [2.75, 3.05) is 36.9 Å². The van der Waals surface area contributed by atoms with Crippen molar-refractivity contribution in [1.29, 1.82) is 0 Å². The van der Waals surface area contributed by atoms with Crippen molar-refractivity contribution < 1.29 is 37.3 Å². The molecule has 0 saturated carbocycles. The van der Waals surface area contributed by atoms with E-state index in [1.54, 1.807) is 38.2 Å². The van der Waals surface area contributed by atoms with Crippen LogP contribution in [0.2, 0.25) is 0 Å². The molecule has 2 atom stereocenters. The number of aryl methyl sites for hydroxylation is 2. The maximum Gasteiger partial charge on any atom is 0.429 e. The van der Waals surface area contributed by atoms with Crippen molar-refractivity contribution in [2.24, 2.45) is 5.41 Å². The van der Waals surface area contributed by atoms with Crippen molar-refractivity contribution in [1.82, 2.24) is 25.1 Å². The number of nitrogens with one attached hydrogen (secondary N) is 1. The minimum Gasteiger partial charge on any atom is -0.480 e. The second-order valence-electron chi connectivity index (χ2n) is 11.9. The summed E-state index contributed by atoms with van der Waals surface area (Å²) in [6.07, 6.45) is -2.68. The third kappa shape index (κ3) is 7.69. The number of piperidine rings is 1. The summed E-state index contributed by atoms with van der Waals surface area (Å²) in [4.78, 5) is 33.3. The Bertz CT molecular complexity index is 1560. The van der Waals surface area contributed by atoms with Crippen LogP contribution in [0.15, 0.2) is 36.5 Å². The maximum atomic E-state index is 14.7. The fraction of sp³-hybridized carbons (Fsp3) is 0.516. The zero-order valence-electron chi connectivity index (χ0n) is 25.7. The molecular weight excluding hydrogens is 607 g/mol. The fourth-order valence-corrected chi connectivity index (χ4v) is 6.15. The van der Waals surface area contributed by atoms with Gasteiger partial charge in [-0.05, 0) is 69.1 Å². The molecule has 46 heavy (non-hydrogen) atoms. The standard InChI is InChI=1S/C31H38F3N7O5/c1-3-45-26(42)6-4-5-20-7-8-21(23(15-20)41-12-9-19(2)39-41)27(31(32,33)34)46-25-16-24(37-29(35)38-25)40-13-10-30(11-14-40)17-22(28(43)44)36-18-30/h7-9,12,15-16,22,27,36H,3-6,10-11,13-14,17-18H2,1-2H3,(H,43,44)(H2,35,37,38). The van der Waals surface area contributed by atoms with Crippen LogP contribution >= 0.6 is 0 Å². The minimum absolute atomic E-state index is 0.162. The summed E-state index contributed by atoms with van der Waals surface area (Å²) in [5, 5.41) is 16.8. The summed E-state index contributed by atoms with van der Waals surface area (Å²) >= 11 is 0. The number of nitrogen functional groups attached to an aromatic ring is 1. The Morgan fingerprint density at radius 2 is 1.96 bits per heavy atom. The first-order valence-corrected chi connectivity index (χ1v) is 15.3. The zero-order valence-corrected chi connectivity index (χ0v) is 25.7. The van der Waals surface area contributed by atoms with Crippen LogP contribution in [0.3, 0.4) is 0 Å². The second-order valence-corrected chi connectivity index (χ2v) is 11.9. The van der Waals surface area contributed by atoms with Crippen LogP contribution < -0.4 is 20.7 Å². The maximum absolute atomic E-state index is 14.7. The number of nitrogens with zero attached hydrogens (tertiary/aromatic N) is 5. The van der Waals surface area contributed by atoms with Gasteiger partial charge < -0.3 is 30.5 Å². The molecule has 1 spiro atoms. The number of hydrogen-bond acceptors (Lipinski definition) is 10. The molecule has 248 valence electrons. The first-order valence-electron chi connectivity index (χ1n) is 15.3. The molecule has 15 heteroatoms. The Balaban J connectivity index is 1.38. The van der Waals surface area contributed by atoms with Crippen LogP contribution in [0, 0.1) is 12.3 Å². The Labute approximate surface area is 264 Å². The van der Waals surface area contributed by atoms with Crippen LogP contribution in [-0.2, 0) is 20.7 Å². The van der Waals surface area contributed by atoms with Crippen molar-refractivity contribution >= 4 is 23.7 Å². The Kier molecular flexibility index (Phi) is 9.70. The third-order valence-corrected chi connectivity index (χ3v) is 8.55. The molecule has 4 heterocycles. The first kappa shape index (κ1) is 33.0. The molecule has 0 amide bonds. The van der Waals surface area contributed by atoms with Gasteiger partial charge in [0, 0.05) is 43.9 Å². The summed E-state index contributed by atoms with van der Waals surface area (Å²) in [6, 6.07) is 7.00. The van der Waals surface area contributed by atoms with Gasteiger partial charge in [0.05, 0.1) is 18.0 Å². The fourth-order valence-electron chi connectivity index (χ4n) is 6.15. The minimum atomic E-state index is -4.84. The molecule has 2 aromatic heterocycles. The second kappa shape index (κ2) is 13.5. The average molecular weight is 646 g/mol. The van der Waals surface area contributed by atoms with E-state index in [4.69, 9.17) is 15.2 Å². The van der Waals surface area contributed by atoms with Crippen LogP contribution in [-0.4, -0.2) is 75.3 Å². The van der Waals surface area contributed by atoms with Crippen molar-refractivity contribution in [3.05, 3.63) is 53.3 Å². The summed E-state index contributed by atoms with van der Waals surface area (Å²) in [5.41, 5.74) is 7.14. The van der Waals surface area contributed by atoms with Crippen LogP contribution in [0.25, 0.3) is 5.69 Å². The van der Waals surface area contributed by atoms with E-state index >= 15 is 0 Å². The number of carbonyl (C=O) groups is 2. The van der Waals surface area contributed by atoms with Gasteiger partial charge in [-0.3, -0.25) is 9.59 Å². The smallest absolute Gasteiger partial charge is 0.429 e. The number of benzene rings is 1. The van der Waals surface area contributed by atoms with Gasteiger partial charge in [-0.15, -0.1) is 0 Å². The average Bonchev–Trinajstić information content (AvgIpc) is 3.62. The summed E-state index contributed by atoms with van der Waals surface area (Å²) in [5.74, 6) is -1.44. The number of hydrogen-bond donors (Lipinski definition) is 3. The third-order valence-electron chi connectivity index (χ3n) is 8.55. The molecule has 0 radical (unpaired) electrons. The quantitative estimate of drug-likeness (QED) is 0.257. The van der Waals surface area contributed by atoms with Gasteiger partial charge in [-0.2, -0.15) is 28.2 Å². The molecule has 1 aromatic carbocycles. The molecule has 2 fully saturated rings. The van der Waals surface area contributed by atoms with Gasteiger partial charge in [0.2, 0.25) is 17.9 Å². The van der Waals surface area contributed by atoms with Gasteiger partial charge >= 0.3 is 18.1 Å². The first-order chi connectivity index (χ1) is 21.9. The lowest BCUT2D eigenvalue weighted by atomic mass is 9.76. The predicted molar refractivity (Wildman–Crippen MR) is 162 cm³/mol. The lowest BCUT2D eigenvalue weighted by molar-refractivity contribution is -0.198. The van der Waals surface area contributed by atoms with Crippen LogP contribution in [0.5, 0.6) is 5.88 Å². The number of nitrogens with two attached hydrogens (primary N) is 1. The molecule has 0 bridgehead atoms. The van der Waals surface area contributed by atoms with E-state index in [9.17, 15) is 27.9 Å². The van der Waals surface area contributed by atoms with Crippen molar-refractivity contribution in [3.8, 4) is 11.6 Å². The molecule has 2 aliphatic heterocycles. The molecule has 5 rings (SSSR count). The highest BCUT2D eigenvalue weighted by atomic mass is 19.4. The molecule has 2 saturated heterocycles. The predicted octanol–water partition coefficient (Wildman–Crippen LogP) is 4.15. The molecule has 0 aliphatic carbocycles. The Morgan fingerprint density at radius 1 is 1.20 bits per heavy atom. The number of alkyl halides is 3. The molecule has 2 unspecified atom stereocenters. The summed E-state index contributed by atoms with van der Waals surface area (Å²) in [7, 11) is 0. The Morgan fingerprint density at radius 3 is 2.59 bits per heavy atom. The van der Waals surface area contributed by atoms with Crippen LogP contribution in [0.4, 0.5) is 24.9 Å². The number of ether oxygens (including phenoxy) is 2. The number of carboxylic acid groups (broad SMARTS) is 1. The number of carboxylic acids is 1. The van der Waals surface area contributed by atoms with E-state index in [-0.39, 0.29) is 47.5 Å². The number of rotatable bonds is 11. The lowest BCUT2D eigenvalue weighted by Crippen LogP contribution is -2.41. The highest BCUT2D eigenvalue weighted by Gasteiger charge is 2.46. The highest BCUT2D eigenvalue weighted by molar-refractivity contribution is 5.74. The van der Waals surface area contributed by atoms with Gasteiger partial charge in [0.1, 0.15) is 11.9 Å². The topological polar surface area (TPSA) is 158 Å². The SMILES string of the molecule is CCOC(=O)CCCc1ccc(C(Oc2cc(N3CCC4(CC3)CNC(C(=O)O)C4)nc(N)n2)C(F)(F)F)c(-n2ccc(C)n2)c1. The molecular formula is C31H38F3N7O5. The molecule has 3 aromatic rings. The number of aromatic nitrogens is 4. The zero-order chi connectivity index (χ0) is 33.1. The molecule has 4 N–H and O–H groups in total. The lowest BCUT2D eigenvalue weighted by Gasteiger charge is -2.39. The number of halogens is 3.